The van der Waals surface area contributed by atoms with Gasteiger partial charge in [-0.2, -0.15) is 0 Å². The molecular weight excluding hydrogens is 180 g/mol. The van der Waals surface area contributed by atoms with Gasteiger partial charge < -0.3 is 15.7 Å². The van der Waals surface area contributed by atoms with E-state index >= 15 is 0 Å². The summed E-state index contributed by atoms with van der Waals surface area (Å²) in [6.07, 6.45) is 6.78. The van der Waals surface area contributed by atoms with Crippen LogP contribution in [0, 0.1) is 0 Å². The van der Waals surface area contributed by atoms with Crippen molar-refractivity contribution < 1.29 is 9.90 Å². The first-order valence-electron chi connectivity index (χ1n) is 4.77. The van der Waals surface area contributed by atoms with E-state index in [0.717, 1.165) is 12.4 Å². The first-order valence-corrected chi connectivity index (χ1v) is 4.77. The van der Waals surface area contributed by atoms with Gasteiger partial charge >= 0.3 is 5.97 Å². The maximum absolute atomic E-state index is 10.3. The minimum absolute atomic E-state index is 0.177. The van der Waals surface area contributed by atoms with E-state index in [1.807, 2.05) is 25.2 Å². The summed E-state index contributed by atoms with van der Waals surface area (Å²) < 4.78 is 0. The predicted octanol–water partition coefficient (Wildman–Crippen LogP) is 0.830. The van der Waals surface area contributed by atoms with Crippen LogP contribution in [0.5, 0.6) is 0 Å². The molecule has 0 radical (unpaired) electrons. The summed E-state index contributed by atoms with van der Waals surface area (Å²) in [7, 11) is 0. The predicted molar refractivity (Wildman–Crippen MR) is 54.7 cm³/mol. The van der Waals surface area contributed by atoms with Crippen LogP contribution in [0.4, 0.5) is 0 Å². The highest BCUT2D eigenvalue weighted by atomic mass is 16.4. The summed E-state index contributed by atoms with van der Waals surface area (Å²) in [5.41, 5.74) is 0. The summed E-state index contributed by atoms with van der Waals surface area (Å²) in [4.78, 5) is 10.3. The van der Waals surface area contributed by atoms with Crippen LogP contribution < -0.4 is 10.6 Å². The highest BCUT2D eigenvalue weighted by Gasteiger charge is 2.06. The molecule has 1 aliphatic heterocycles. The number of aliphatic carboxylic acids is 1. The molecule has 3 N–H and O–H groups in total. The lowest BCUT2D eigenvalue weighted by Gasteiger charge is -2.19. The summed E-state index contributed by atoms with van der Waals surface area (Å²) in [5, 5.41) is 14.9. The first-order chi connectivity index (χ1) is 6.68. The molecule has 0 spiro atoms. The second kappa shape index (κ2) is 5.32. The zero-order valence-corrected chi connectivity index (χ0v) is 8.29. The van der Waals surface area contributed by atoms with Crippen LogP contribution in [0.3, 0.4) is 0 Å². The average molecular weight is 196 g/mol. The lowest BCUT2D eigenvalue weighted by Crippen LogP contribution is -2.34. The Bertz CT molecular complexity index is 259. The third-order valence-corrected chi connectivity index (χ3v) is 2.00. The molecule has 1 atom stereocenters. The van der Waals surface area contributed by atoms with E-state index in [9.17, 15) is 4.79 Å². The van der Waals surface area contributed by atoms with E-state index in [0.29, 0.717) is 6.42 Å². The standard InChI is InChI=1S/C10H16N2O2/c1-8(5-6-10(13)14)12-9-4-2-3-7-11-9/h2-4,8,11-12H,5-7H2,1H3,(H,13,14). The molecule has 1 aliphatic rings. The Kier molecular flexibility index (Phi) is 4.04. The van der Waals surface area contributed by atoms with Crippen LogP contribution in [0.2, 0.25) is 0 Å². The molecule has 0 amide bonds. The maximum atomic E-state index is 10.3. The van der Waals surface area contributed by atoms with E-state index in [1.54, 1.807) is 0 Å². The fourth-order valence-electron chi connectivity index (χ4n) is 1.24. The van der Waals surface area contributed by atoms with Crippen LogP contribution >= 0.6 is 0 Å². The van der Waals surface area contributed by atoms with Crippen molar-refractivity contribution in [2.45, 2.75) is 25.8 Å². The molecule has 0 bridgehead atoms. The van der Waals surface area contributed by atoms with Gasteiger partial charge in [0.05, 0.1) is 5.82 Å². The van der Waals surface area contributed by atoms with E-state index < -0.39 is 5.97 Å². The molecule has 0 aromatic heterocycles. The number of allylic oxidation sites excluding steroid dienone is 2. The van der Waals surface area contributed by atoms with Gasteiger partial charge in [-0.3, -0.25) is 4.79 Å². The van der Waals surface area contributed by atoms with Crippen molar-refractivity contribution in [1.82, 2.24) is 10.6 Å². The third-order valence-electron chi connectivity index (χ3n) is 2.00. The quantitative estimate of drug-likeness (QED) is 0.609. The summed E-state index contributed by atoms with van der Waals surface area (Å²) in [6.45, 7) is 2.80. The molecule has 4 nitrogen and oxygen atoms in total. The minimum Gasteiger partial charge on any atom is -0.481 e. The normalized spacial score (nSPS) is 16.8. The van der Waals surface area contributed by atoms with Crippen molar-refractivity contribution in [3.05, 3.63) is 24.0 Å². The van der Waals surface area contributed by atoms with Gasteiger partial charge in [0, 0.05) is 19.0 Å². The van der Waals surface area contributed by atoms with Crippen molar-refractivity contribution >= 4 is 5.97 Å². The van der Waals surface area contributed by atoms with Gasteiger partial charge in [-0.05, 0) is 19.4 Å². The Balaban J connectivity index is 2.25. The molecule has 0 fully saturated rings. The van der Waals surface area contributed by atoms with Crippen molar-refractivity contribution in [1.29, 1.82) is 0 Å². The fraction of sp³-hybridized carbons (Fsp3) is 0.500. The molecule has 78 valence electrons. The Morgan fingerprint density at radius 2 is 2.57 bits per heavy atom. The molecule has 1 unspecified atom stereocenters. The molecular formula is C10H16N2O2. The Morgan fingerprint density at radius 1 is 1.79 bits per heavy atom. The van der Waals surface area contributed by atoms with Gasteiger partial charge in [-0.15, -0.1) is 0 Å². The molecule has 0 aliphatic carbocycles. The van der Waals surface area contributed by atoms with Gasteiger partial charge in [0.1, 0.15) is 0 Å². The number of rotatable bonds is 5. The Morgan fingerprint density at radius 3 is 3.14 bits per heavy atom. The number of carboxylic acid groups (broad SMARTS) is 1. The van der Waals surface area contributed by atoms with Crippen LogP contribution in [-0.4, -0.2) is 23.7 Å². The topological polar surface area (TPSA) is 61.4 Å². The van der Waals surface area contributed by atoms with E-state index in [2.05, 4.69) is 10.6 Å². The van der Waals surface area contributed by atoms with Crippen LogP contribution in [0.1, 0.15) is 19.8 Å². The zero-order valence-electron chi connectivity index (χ0n) is 8.29. The van der Waals surface area contributed by atoms with Gasteiger partial charge in [-0.25, -0.2) is 0 Å². The molecule has 14 heavy (non-hydrogen) atoms. The van der Waals surface area contributed by atoms with Crippen molar-refractivity contribution in [3.63, 3.8) is 0 Å². The highest BCUT2D eigenvalue weighted by Crippen LogP contribution is 2.00. The first kappa shape index (κ1) is 10.6. The van der Waals surface area contributed by atoms with Crippen molar-refractivity contribution in [2.24, 2.45) is 0 Å². The summed E-state index contributed by atoms with van der Waals surface area (Å²) in [6, 6.07) is 0.177. The number of dihydropyridines is 1. The molecule has 0 saturated heterocycles. The van der Waals surface area contributed by atoms with Crippen LogP contribution in [-0.2, 0) is 4.79 Å². The zero-order chi connectivity index (χ0) is 10.4. The van der Waals surface area contributed by atoms with Gasteiger partial charge in [0.25, 0.3) is 0 Å². The van der Waals surface area contributed by atoms with E-state index in [1.165, 1.54) is 0 Å². The second-order valence-electron chi connectivity index (χ2n) is 3.37. The maximum Gasteiger partial charge on any atom is 0.303 e. The van der Waals surface area contributed by atoms with Gasteiger partial charge in [0.2, 0.25) is 0 Å². The summed E-state index contributed by atoms with van der Waals surface area (Å²) >= 11 is 0. The molecule has 0 aromatic rings. The average Bonchev–Trinajstić information content (AvgIpc) is 2.16. The Labute approximate surface area is 83.7 Å². The van der Waals surface area contributed by atoms with Gasteiger partial charge in [-0.1, -0.05) is 12.2 Å². The third kappa shape index (κ3) is 3.98. The van der Waals surface area contributed by atoms with Crippen molar-refractivity contribution in [2.75, 3.05) is 6.54 Å². The minimum atomic E-state index is -0.746. The molecule has 4 heteroatoms. The number of hydrogen-bond acceptors (Lipinski definition) is 3. The van der Waals surface area contributed by atoms with Crippen molar-refractivity contribution in [3.8, 4) is 0 Å². The van der Waals surface area contributed by atoms with Gasteiger partial charge in [0.15, 0.2) is 0 Å². The summed E-state index contributed by atoms with van der Waals surface area (Å²) in [5.74, 6) is 0.217. The SMILES string of the molecule is CC(CCC(=O)O)NC1=CC=CCN1. The Hall–Kier alpha value is -1.45. The smallest absolute Gasteiger partial charge is 0.303 e. The largest absolute Gasteiger partial charge is 0.481 e. The molecule has 0 aromatic carbocycles. The lowest BCUT2D eigenvalue weighted by atomic mass is 10.2. The van der Waals surface area contributed by atoms with Crippen LogP contribution in [0.25, 0.3) is 0 Å². The number of hydrogen-bond donors (Lipinski definition) is 3. The molecule has 1 rings (SSSR count). The number of nitrogens with one attached hydrogen (secondary N) is 2. The molecule has 1 heterocycles. The highest BCUT2D eigenvalue weighted by molar-refractivity contribution is 5.66. The number of carboxylic acids is 1. The van der Waals surface area contributed by atoms with E-state index in [-0.39, 0.29) is 12.5 Å². The molecule has 0 saturated carbocycles. The monoisotopic (exact) mass is 196 g/mol. The number of carbonyl (C=O) groups is 1. The van der Waals surface area contributed by atoms with Crippen LogP contribution in [0.15, 0.2) is 24.0 Å². The lowest BCUT2D eigenvalue weighted by molar-refractivity contribution is -0.137. The fourth-order valence-corrected chi connectivity index (χ4v) is 1.24. The van der Waals surface area contributed by atoms with E-state index in [4.69, 9.17) is 5.11 Å². The second-order valence-corrected chi connectivity index (χ2v) is 3.37.